The van der Waals surface area contributed by atoms with Crippen molar-refractivity contribution in [2.24, 2.45) is 4.99 Å². The number of aryl methyl sites for hydroxylation is 1. The molecular formula is C20H26N4O3. The standard InChI is InChI=1S/C20H26N4O3/c1-16-4-6-17(7-5-16)14-22-20(21-12-3-13-27-2)23-15-18-8-10-19(11-9-18)24(25)26/h4-11H,3,12-15H2,1-2H3,(H2,21,22,23). The van der Waals surface area contributed by atoms with Gasteiger partial charge in [0, 0.05) is 38.9 Å². The van der Waals surface area contributed by atoms with E-state index < -0.39 is 4.92 Å². The monoisotopic (exact) mass is 370 g/mol. The van der Waals surface area contributed by atoms with Crippen LogP contribution in [0.3, 0.4) is 0 Å². The van der Waals surface area contributed by atoms with E-state index in [0.717, 1.165) is 24.1 Å². The molecule has 0 amide bonds. The van der Waals surface area contributed by atoms with Crippen LogP contribution in [-0.2, 0) is 17.8 Å². The topological polar surface area (TPSA) is 88.8 Å². The Morgan fingerprint density at radius 1 is 1.07 bits per heavy atom. The van der Waals surface area contributed by atoms with Crippen molar-refractivity contribution in [1.29, 1.82) is 0 Å². The van der Waals surface area contributed by atoms with Crippen molar-refractivity contribution in [2.45, 2.75) is 26.4 Å². The van der Waals surface area contributed by atoms with Crippen LogP contribution < -0.4 is 10.6 Å². The molecule has 27 heavy (non-hydrogen) atoms. The number of nitrogens with one attached hydrogen (secondary N) is 2. The van der Waals surface area contributed by atoms with Crippen molar-refractivity contribution in [1.82, 2.24) is 10.6 Å². The molecule has 7 heteroatoms. The molecule has 2 rings (SSSR count). The summed E-state index contributed by atoms with van der Waals surface area (Å²) in [6, 6.07) is 14.8. The number of nitro groups is 1. The summed E-state index contributed by atoms with van der Waals surface area (Å²) in [5.41, 5.74) is 3.39. The van der Waals surface area contributed by atoms with Gasteiger partial charge in [0.15, 0.2) is 5.96 Å². The van der Waals surface area contributed by atoms with Gasteiger partial charge in [0.05, 0.1) is 11.5 Å². The normalized spacial score (nSPS) is 11.3. The number of nitrogens with zero attached hydrogens (tertiary/aromatic N) is 2. The van der Waals surface area contributed by atoms with Gasteiger partial charge in [-0.1, -0.05) is 42.0 Å². The smallest absolute Gasteiger partial charge is 0.269 e. The lowest BCUT2D eigenvalue weighted by Crippen LogP contribution is -2.37. The number of hydrogen-bond acceptors (Lipinski definition) is 4. The number of rotatable bonds is 9. The fourth-order valence-corrected chi connectivity index (χ4v) is 2.38. The largest absolute Gasteiger partial charge is 0.385 e. The second-order valence-electron chi connectivity index (χ2n) is 6.20. The van der Waals surface area contributed by atoms with E-state index in [4.69, 9.17) is 4.74 Å². The number of guanidine groups is 1. The molecule has 7 nitrogen and oxygen atoms in total. The van der Waals surface area contributed by atoms with Gasteiger partial charge in [0.1, 0.15) is 0 Å². The predicted molar refractivity (Wildman–Crippen MR) is 107 cm³/mol. The highest BCUT2D eigenvalue weighted by atomic mass is 16.6. The molecule has 0 heterocycles. The Balaban J connectivity index is 1.96. The van der Waals surface area contributed by atoms with Crippen LogP contribution in [0.25, 0.3) is 0 Å². The van der Waals surface area contributed by atoms with Gasteiger partial charge in [-0.15, -0.1) is 0 Å². The molecule has 0 aliphatic rings. The van der Waals surface area contributed by atoms with Gasteiger partial charge in [0.2, 0.25) is 0 Å². The molecule has 2 aromatic carbocycles. The summed E-state index contributed by atoms with van der Waals surface area (Å²) in [7, 11) is 1.68. The summed E-state index contributed by atoms with van der Waals surface area (Å²) in [6.07, 6.45) is 0.874. The third kappa shape index (κ3) is 7.45. The lowest BCUT2D eigenvalue weighted by molar-refractivity contribution is -0.384. The summed E-state index contributed by atoms with van der Waals surface area (Å²) < 4.78 is 5.07. The zero-order chi connectivity index (χ0) is 19.5. The Bertz CT molecular complexity index is 743. The number of benzene rings is 2. The average Bonchev–Trinajstić information content (AvgIpc) is 2.68. The maximum atomic E-state index is 10.7. The molecule has 0 atom stereocenters. The molecule has 0 aliphatic carbocycles. The first-order chi connectivity index (χ1) is 13.1. The molecule has 0 spiro atoms. The molecule has 0 saturated heterocycles. The molecule has 0 bridgehead atoms. The second-order valence-corrected chi connectivity index (χ2v) is 6.20. The summed E-state index contributed by atoms with van der Waals surface area (Å²) in [6.45, 7) is 4.58. The maximum absolute atomic E-state index is 10.7. The van der Waals surface area contributed by atoms with E-state index in [0.29, 0.717) is 25.7 Å². The molecule has 0 unspecified atom stereocenters. The number of nitro benzene ring substituents is 1. The fourth-order valence-electron chi connectivity index (χ4n) is 2.38. The van der Waals surface area contributed by atoms with Gasteiger partial charge in [-0.2, -0.15) is 0 Å². The quantitative estimate of drug-likeness (QED) is 0.233. The molecule has 0 saturated carbocycles. The summed E-state index contributed by atoms with van der Waals surface area (Å²) in [5, 5.41) is 17.3. The van der Waals surface area contributed by atoms with E-state index in [1.165, 1.54) is 17.7 Å². The summed E-state index contributed by atoms with van der Waals surface area (Å²) >= 11 is 0. The van der Waals surface area contributed by atoms with Crippen LogP contribution in [0.5, 0.6) is 0 Å². The molecular weight excluding hydrogens is 344 g/mol. The van der Waals surface area contributed by atoms with Crippen molar-refractivity contribution in [3.05, 3.63) is 75.3 Å². The number of methoxy groups -OCH3 is 1. The van der Waals surface area contributed by atoms with Gasteiger partial charge in [0.25, 0.3) is 5.69 Å². The van der Waals surface area contributed by atoms with Crippen LogP contribution in [0.1, 0.15) is 23.1 Å². The molecule has 144 valence electrons. The van der Waals surface area contributed by atoms with Gasteiger partial charge >= 0.3 is 0 Å². The van der Waals surface area contributed by atoms with Crippen molar-refractivity contribution in [2.75, 3.05) is 20.3 Å². The number of ether oxygens (including phenoxy) is 1. The first-order valence-electron chi connectivity index (χ1n) is 8.88. The van der Waals surface area contributed by atoms with Gasteiger partial charge in [-0.3, -0.25) is 10.1 Å². The lowest BCUT2D eigenvalue weighted by Gasteiger charge is -2.13. The SMILES string of the molecule is COCCCNC(=NCc1ccc(C)cc1)NCc1ccc([N+](=O)[O-])cc1. The Morgan fingerprint density at radius 3 is 2.37 bits per heavy atom. The number of hydrogen-bond donors (Lipinski definition) is 2. The van der Waals surface area contributed by atoms with Crippen LogP contribution >= 0.6 is 0 Å². The molecule has 2 aromatic rings. The lowest BCUT2D eigenvalue weighted by atomic mass is 10.1. The van der Waals surface area contributed by atoms with Crippen molar-refractivity contribution < 1.29 is 9.66 Å². The van der Waals surface area contributed by atoms with Crippen molar-refractivity contribution in [3.8, 4) is 0 Å². The number of aliphatic imine (C=N–C) groups is 1. The van der Waals surface area contributed by atoms with Gasteiger partial charge in [-0.05, 0) is 24.5 Å². The third-order valence-corrected chi connectivity index (χ3v) is 3.97. The van der Waals surface area contributed by atoms with Crippen LogP contribution in [0, 0.1) is 17.0 Å². The highest BCUT2D eigenvalue weighted by Gasteiger charge is 2.05. The fraction of sp³-hybridized carbons (Fsp3) is 0.350. The van der Waals surface area contributed by atoms with Gasteiger partial charge < -0.3 is 15.4 Å². The molecule has 2 N–H and O–H groups in total. The minimum absolute atomic E-state index is 0.0877. The van der Waals surface area contributed by atoms with Crippen molar-refractivity contribution >= 4 is 11.6 Å². The predicted octanol–water partition coefficient (Wildman–Crippen LogP) is 3.18. The third-order valence-electron chi connectivity index (χ3n) is 3.97. The van der Waals surface area contributed by atoms with Crippen LogP contribution in [0.2, 0.25) is 0 Å². The van der Waals surface area contributed by atoms with E-state index >= 15 is 0 Å². The minimum Gasteiger partial charge on any atom is -0.385 e. The van der Waals surface area contributed by atoms with Crippen LogP contribution in [0.4, 0.5) is 5.69 Å². The number of non-ortho nitro benzene ring substituents is 1. The van der Waals surface area contributed by atoms with Crippen molar-refractivity contribution in [3.63, 3.8) is 0 Å². The van der Waals surface area contributed by atoms with E-state index in [1.807, 2.05) is 0 Å². The van der Waals surface area contributed by atoms with Crippen LogP contribution in [0.15, 0.2) is 53.5 Å². The Kier molecular flexibility index (Phi) is 8.25. The minimum atomic E-state index is -0.400. The van der Waals surface area contributed by atoms with E-state index in [9.17, 15) is 10.1 Å². The highest BCUT2D eigenvalue weighted by Crippen LogP contribution is 2.11. The molecule has 0 fully saturated rings. The van der Waals surface area contributed by atoms with E-state index in [1.54, 1.807) is 19.2 Å². The van der Waals surface area contributed by atoms with E-state index in [-0.39, 0.29) is 5.69 Å². The first kappa shape index (κ1) is 20.4. The molecule has 0 aromatic heterocycles. The summed E-state index contributed by atoms with van der Waals surface area (Å²) in [4.78, 5) is 15.0. The zero-order valence-corrected chi connectivity index (χ0v) is 15.8. The zero-order valence-electron chi connectivity index (χ0n) is 15.8. The second kappa shape index (κ2) is 10.9. The average molecular weight is 370 g/mol. The summed E-state index contributed by atoms with van der Waals surface area (Å²) in [5.74, 6) is 0.699. The molecule has 0 radical (unpaired) electrons. The maximum Gasteiger partial charge on any atom is 0.269 e. The Hall–Kier alpha value is -2.93. The Labute approximate surface area is 159 Å². The highest BCUT2D eigenvalue weighted by molar-refractivity contribution is 5.79. The Morgan fingerprint density at radius 2 is 1.74 bits per heavy atom. The molecule has 0 aliphatic heterocycles. The van der Waals surface area contributed by atoms with Crippen LogP contribution in [-0.4, -0.2) is 31.1 Å². The van der Waals surface area contributed by atoms with E-state index in [2.05, 4.69) is 46.8 Å². The first-order valence-corrected chi connectivity index (χ1v) is 8.88. The van der Waals surface area contributed by atoms with Gasteiger partial charge in [-0.25, -0.2) is 4.99 Å².